The van der Waals surface area contributed by atoms with E-state index < -0.39 is 6.04 Å². The van der Waals surface area contributed by atoms with Crippen molar-refractivity contribution in [3.8, 4) is 17.2 Å². The smallest absolute Gasteiger partial charge is 0.249 e. The average Bonchev–Trinajstić information content (AvgIpc) is 3.37. The van der Waals surface area contributed by atoms with E-state index >= 15 is 0 Å². The summed E-state index contributed by atoms with van der Waals surface area (Å²) in [5.41, 5.74) is 2.48. The van der Waals surface area contributed by atoms with Gasteiger partial charge in [0.25, 0.3) is 0 Å². The first-order valence-corrected chi connectivity index (χ1v) is 13.1. The highest BCUT2D eigenvalue weighted by atomic mass is 16.5. The number of hydrogen-bond donors (Lipinski definition) is 1. The summed E-state index contributed by atoms with van der Waals surface area (Å²) < 4.78 is 17.8. The summed E-state index contributed by atoms with van der Waals surface area (Å²) in [6.45, 7) is 4.52. The zero-order valence-electron chi connectivity index (χ0n) is 23.5. The zero-order valence-corrected chi connectivity index (χ0v) is 23.5. The molecule has 10 nitrogen and oxygen atoms in total. The number of rotatable bonds is 12. The van der Waals surface area contributed by atoms with Crippen LogP contribution in [-0.4, -0.2) is 54.7 Å². The molecule has 1 N–H and O–H groups in total. The molecule has 2 amide bonds. The molecule has 4 aromatic rings. The van der Waals surface area contributed by atoms with Gasteiger partial charge in [0.05, 0.1) is 26.8 Å². The maximum absolute atomic E-state index is 14.2. The van der Waals surface area contributed by atoms with Crippen molar-refractivity contribution < 1.29 is 23.8 Å². The molecule has 10 heteroatoms. The van der Waals surface area contributed by atoms with Gasteiger partial charge >= 0.3 is 0 Å². The van der Waals surface area contributed by atoms with Gasteiger partial charge in [-0.3, -0.25) is 14.5 Å². The Kier molecular flexibility index (Phi) is 9.21. The van der Waals surface area contributed by atoms with E-state index in [9.17, 15) is 9.59 Å². The van der Waals surface area contributed by atoms with Gasteiger partial charge in [-0.05, 0) is 66.4 Å². The first-order valence-electron chi connectivity index (χ1n) is 13.1. The lowest BCUT2D eigenvalue weighted by Crippen LogP contribution is -2.45. The highest BCUT2D eigenvalue weighted by molar-refractivity contribution is 6.01. The van der Waals surface area contributed by atoms with Crippen LogP contribution in [0.1, 0.15) is 31.9 Å². The first-order chi connectivity index (χ1) is 19.4. The Labute approximate surface area is 233 Å². The number of para-hydroxylation sites is 1. The van der Waals surface area contributed by atoms with Gasteiger partial charge in [0, 0.05) is 12.2 Å². The molecule has 210 valence electrons. The summed E-state index contributed by atoms with van der Waals surface area (Å²) >= 11 is 0. The van der Waals surface area contributed by atoms with Gasteiger partial charge in [-0.25, -0.2) is 4.68 Å². The molecule has 0 saturated carbocycles. The van der Waals surface area contributed by atoms with Gasteiger partial charge in [0.2, 0.25) is 11.8 Å². The molecule has 0 spiro atoms. The predicted molar refractivity (Wildman–Crippen MR) is 153 cm³/mol. The summed E-state index contributed by atoms with van der Waals surface area (Å²) in [7, 11) is 4.65. The van der Waals surface area contributed by atoms with Crippen molar-refractivity contribution in [3.63, 3.8) is 0 Å². The minimum absolute atomic E-state index is 0.129. The predicted octanol–water partition coefficient (Wildman–Crippen LogP) is 4.39. The second-order valence-corrected chi connectivity index (χ2v) is 9.69. The number of nitrogens with one attached hydrogen (secondary N) is 1. The molecule has 0 aliphatic carbocycles. The maximum atomic E-state index is 14.2. The van der Waals surface area contributed by atoms with Crippen LogP contribution in [0.2, 0.25) is 0 Å². The second-order valence-electron chi connectivity index (χ2n) is 9.69. The molecule has 40 heavy (non-hydrogen) atoms. The fourth-order valence-electron chi connectivity index (χ4n) is 4.44. The highest BCUT2D eigenvalue weighted by Gasteiger charge is 2.34. The molecule has 1 heterocycles. The lowest BCUT2D eigenvalue weighted by molar-refractivity contribution is -0.127. The van der Waals surface area contributed by atoms with Crippen LogP contribution in [0.5, 0.6) is 17.2 Å². The van der Waals surface area contributed by atoms with Crippen LogP contribution in [0.15, 0.2) is 66.7 Å². The number of amides is 2. The number of benzene rings is 3. The minimum atomic E-state index is -1.01. The second kappa shape index (κ2) is 13.0. The molecule has 3 aromatic carbocycles. The Balaban J connectivity index is 1.81. The van der Waals surface area contributed by atoms with Gasteiger partial charge in [-0.1, -0.05) is 37.3 Å². The van der Waals surface area contributed by atoms with Crippen molar-refractivity contribution in [3.05, 3.63) is 72.3 Å². The quantitative estimate of drug-likeness (QED) is 0.281. The molecule has 1 atom stereocenters. The lowest BCUT2D eigenvalue weighted by atomic mass is 10.0. The number of ether oxygens (including phenoxy) is 3. The Bertz CT molecular complexity index is 1450. The number of carbonyl (C=O) groups excluding carboxylic acids is 2. The molecule has 1 aromatic heterocycles. The van der Waals surface area contributed by atoms with Crippen LogP contribution in [0.3, 0.4) is 0 Å². The van der Waals surface area contributed by atoms with Crippen molar-refractivity contribution in [2.45, 2.75) is 32.9 Å². The Morgan fingerprint density at radius 2 is 1.65 bits per heavy atom. The topological polar surface area (TPSA) is 108 Å². The number of carbonyl (C=O) groups is 2. The third-order valence-electron chi connectivity index (χ3n) is 6.58. The monoisotopic (exact) mass is 545 g/mol. The molecule has 4 rings (SSSR count). The van der Waals surface area contributed by atoms with E-state index in [-0.39, 0.29) is 18.4 Å². The molecule has 0 aliphatic heterocycles. The first kappa shape index (κ1) is 28.4. The van der Waals surface area contributed by atoms with E-state index in [1.807, 2.05) is 24.3 Å². The zero-order chi connectivity index (χ0) is 28.6. The van der Waals surface area contributed by atoms with Crippen LogP contribution in [0, 0.1) is 5.92 Å². The summed E-state index contributed by atoms with van der Waals surface area (Å²) in [5.74, 6) is 1.33. The number of aromatic nitrogens is 3. The van der Waals surface area contributed by atoms with Crippen molar-refractivity contribution >= 4 is 28.5 Å². The molecule has 0 bridgehead atoms. The third-order valence-corrected chi connectivity index (χ3v) is 6.58. The molecule has 0 saturated heterocycles. The number of anilines is 1. The summed E-state index contributed by atoms with van der Waals surface area (Å²) in [4.78, 5) is 29.5. The third kappa shape index (κ3) is 6.33. The normalized spacial score (nSPS) is 11.8. The van der Waals surface area contributed by atoms with Crippen molar-refractivity contribution in [2.24, 2.45) is 5.92 Å². The van der Waals surface area contributed by atoms with Crippen LogP contribution in [-0.2, 0) is 16.1 Å². The van der Waals surface area contributed by atoms with Crippen LogP contribution in [0.25, 0.3) is 11.0 Å². The van der Waals surface area contributed by atoms with Gasteiger partial charge in [0.15, 0.2) is 11.5 Å². The number of methoxy groups -OCH3 is 3. The SMILES string of the molecule is COc1ccc(N(C(=O)Cn2nnc3ccccc32)[C@H](C(=O)NCCC(C)C)c2ccc(OC)c(OC)c2)cc1. The molecule has 0 radical (unpaired) electrons. The van der Waals surface area contributed by atoms with E-state index in [4.69, 9.17) is 14.2 Å². The molecule has 0 fully saturated rings. The minimum Gasteiger partial charge on any atom is -0.497 e. The van der Waals surface area contributed by atoms with E-state index in [0.29, 0.717) is 46.5 Å². The summed E-state index contributed by atoms with van der Waals surface area (Å²) in [6, 6.07) is 18.6. The van der Waals surface area contributed by atoms with Crippen molar-refractivity contribution in [1.29, 1.82) is 0 Å². The molecule has 0 unspecified atom stereocenters. The fourth-order valence-corrected chi connectivity index (χ4v) is 4.44. The largest absolute Gasteiger partial charge is 0.497 e. The van der Waals surface area contributed by atoms with Crippen LogP contribution >= 0.6 is 0 Å². The fraction of sp³-hybridized carbons (Fsp3) is 0.333. The lowest BCUT2D eigenvalue weighted by Gasteiger charge is -2.32. The number of fused-ring (bicyclic) bond motifs is 1. The standard InChI is InChI=1S/C30H35N5O5/c1-20(2)16-17-31-30(37)29(21-10-15-26(39-4)27(18-21)40-5)35(22-11-13-23(38-3)14-12-22)28(36)19-34-25-9-7-6-8-24(25)32-33-34/h6-15,18,20,29H,16-17,19H2,1-5H3,(H,31,37)/t29-/m0/s1. The van der Waals surface area contributed by atoms with E-state index in [0.717, 1.165) is 11.9 Å². The van der Waals surface area contributed by atoms with Gasteiger partial charge < -0.3 is 19.5 Å². The van der Waals surface area contributed by atoms with Gasteiger partial charge in [-0.15, -0.1) is 5.10 Å². The van der Waals surface area contributed by atoms with E-state index in [1.165, 1.54) is 16.7 Å². The molecule has 0 aliphatic rings. The number of hydrogen-bond acceptors (Lipinski definition) is 7. The van der Waals surface area contributed by atoms with E-state index in [1.54, 1.807) is 56.7 Å². The summed E-state index contributed by atoms with van der Waals surface area (Å²) in [5, 5.41) is 11.4. The molecular formula is C30H35N5O5. The van der Waals surface area contributed by atoms with Crippen molar-refractivity contribution in [1.82, 2.24) is 20.3 Å². The maximum Gasteiger partial charge on any atom is 0.249 e. The molecular weight excluding hydrogens is 510 g/mol. The number of nitrogens with zero attached hydrogens (tertiary/aromatic N) is 4. The van der Waals surface area contributed by atoms with Crippen LogP contribution < -0.4 is 24.4 Å². The van der Waals surface area contributed by atoms with Gasteiger partial charge in [0.1, 0.15) is 23.9 Å². The Hall–Kier alpha value is -4.60. The van der Waals surface area contributed by atoms with Crippen LogP contribution in [0.4, 0.5) is 5.69 Å². The average molecular weight is 546 g/mol. The Morgan fingerprint density at radius 1 is 0.925 bits per heavy atom. The van der Waals surface area contributed by atoms with Crippen molar-refractivity contribution in [2.75, 3.05) is 32.8 Å². The van der Waals surface area contributed by atoms with E-state index in [2.05, 4.69) is 29.5 Å². The highest BCUT2D eigenvalue weighted by Crippen LogP contribution is 2.35. The summed E-state index contributed by atoms with van der Waals surface area (Å²) in [6.07, 6.45) is 0.797. The Morgan fingerprint density at radius 3 is 2.33 bits per heavy atom. The van der Waals surface area contributed by atoms with Gasteiger partial charge in [-0.2, -0.15) is 0 Å².